The van der Waals surface area contributed by atoms with Crippen LogP contribution in [0.1, 0.15) is 56.6 Å². The van der Waals surface area contributed by atoms with Crippen molar-refractivity contribution >= 4 is 0 Å². The van der Waals surface area contributed by atoms with E-state index in [1.165, 1.54) is 36.8 Å². The predicted octanol–water partition coefficient (Wildman–Crippen LogP) is 5.64. The van der Waals surface area contributed by atoms with Crippen molar-refractivity contribution in [2.24, 2.45) is 11.3 Å². The van der Waals surface area contributed by atoms with Gasteiger partial charge in [0.1, 0.15) is 11.5 Å². The van der Waals surface area contributed by atoms with E-state index in [0.717, 1.165) is 6.42 Å². The van der Waals surface area contributed by atoms with Crippen LogP contribution in [0.4, 0.5) is 0 Å². The SMILES string of the molecule is CC(C)(Cc1ccc(O)cc1)C1CCCC(c2ccc(O)cc2)C1. The summed E-state index contributed by atoms with van der Waals surface area (Å²) in [4.78, 5) is 0. The summed E-state index contributed by atoms with van der Waals surface area (Å²) in [6.45, 7) is 4.76. The second-order valence-corrected chi connectivity index (χ2v) is 7.98. The topological polar surface area (TPSA) is 40.5 Å². The predicted molar refractivity (Wildman–Crippen MR) is 98.4 cm³/mol. The molecule has 1 aliphatic rings. The van der Waals surface area contributed by atoms with E-state index >= 15 is 0 Å². The van der Waals surface area contributed by atoms with Crippen molar-refractivity contribution in [2.45, 2.75) is 51.9 Å². The first-order valence-corrected chi connectivity index (χ1v) is 9.01. The highest BCUT2D eigenvalue weighted by Crippen LogP contribution is 2.45. The third-order valence-electron chi connectivity index (χ3n) is 5.74. The molecule has 1 fully saturated rings. The highest BCUT2D eigenvalue weighted by atomic mass is 16.3. The average Bonchev–Trinajstić information content (AvgIpc) is 2.58. The largest absolute Gasteiger partial charge is 0.508 e. The van der Waals surface area contributed by atoms with Crippen molar-refractivity contribution in [1.82, 2.24) is 0 Å². The monoisotopic (exact) mass is 324 g/mol. The van der Waals surface area contributed by atoms with E-state index in [0.29, 0.717) is 23.3 Å². The Morgan fingerprint density at radius 3 is 2.08 bits per heavy atom. The Morgan fingerprint density at radius 2 is 1.46 bits per heavy atom. The second kappa shape index (κ2) is 6.88. The zero-order chi connectivity index (χ0) is 17.2. The molecule has 2 aromatic rings. The van der Waals surface area contributed by atoms with Crippen molar-refractivity contribution in [3.63, 3.8) is 0 Å². The van der Waals surface area contributed by atoms with Crippen LogP contribution in [0.5, 0.6) is 11.5 Å². The van der Waals surface area contributed by atoms with E-state index in [1.807, 2.05) is 12.1 Å². The summed E-state index contributed by atoms with van der Waals surface area (Å²) in [6, 6.07) is 15.4. The number of rotatable bonds is 4. The molecule has 0 spiro atoms. The third-order valence-corrected chi connectivity index (χ3v) is 5.74. The Labute approximate surface area is 145 Å². The molecule has 128 valence electrons. The average molecular weight is 324 g/mol. The van der Waals surface area contributed by atoms with Gasteiger partial charge < -0.3 is 10.2 Å². The lowest BCUT2D eigenvalue weighted by molar-refractivity contribution is 0.145. The highest BCUT2D eigenvalue weighted by Gasteiger charge is 2.34. The molecule has 0 saturated heterocycles. The number of benzene rings is 2. The Hall–Kier alpha value is -1.96. The van der Waals surface area contributed by atoms with Crippen LogP contribution in [-0.4, -0.2) is 10.2 Å². The lowest BCUT2D eigenvalue weighted by Crippen LogP contribution is -2.30. The summed E-state index contributed by atoms with van der Waals surface area (Å²) >= 11 is 0. The smallest absolute Gasteiger partial charge is 0.115 e. The lowest BCUT2D eigenvalue weighted by atomic mass is 9.65. The third kappa shape index (κ3) is 3.92. The van der Waals surface area contributed by atoms with Crippen molar-refractivity contribution in [2.75, 3.05) is 0 Å². The van der Waals surface area contributed by atoms with E-state index in [4.69, 9.17) is 0 Å². The quantitative estimate of drug-likeness (QED) is 0.764. The van der Waals surface area contributed by atoms with Gasteiger partial charge in [0.25, 0.3) is 0 Å². The van der Waals surface area contributed by atoms with Crippen molar-refractivity contribution in [1.29, 1.82) is 0 Å². The van der Waals surface area contributed by atoms with Gasteiger partial charge in [0.15, 0.2) is 0 Å². The maximum atomic E-state index is 9.50. The summed E-state index contributed by atoms with van der Waals surface area (Å²) in [5.74, 6) is 1.97. The van der Waals surface area contributed by atoms with E-state index < -0.39 is 0 Å². The fraction of sp³-hybridized carbons (Fsp3) is 0.455. The van der Waals surface area contributed by atoms with Crippen molar-refractivity contribution in [3.8, 4) is 11.5 Å². The molecule has 0 heterocycles. The molecule has 0 radical (unpaired) electrons. The van der Waals surface area contributed by atoms with Gasteiger partial charge in [-0.15, -0.1) is 0 Å². The number of phenolic OH excluding ortho intramolecular Hbond substituents is 2. The minimum atomic E-state index is 0.243. The van der Waals surface area contributed by atoms with Crippen LogP contribution in [0, 0.1) is 11.3 Å². The first kappa shape index (κ1) is 16.9. The number of aromatic hydroxyl groups is 2. The van der Waals surface area contributed by atoms with E-state index in [1.54, 1.807) is 24.3 Å². The lowest BCUT2D eigenvalue weighted by Gasteiger charge is -2.40. The number of hydrogen-bond donors (Lipinski definition) is 2. The van der Waals surface area contributed by atoms with Crippen LogP contribution in [-0.2, 0) is 6.42 Å². The normalized spacial score (nSPS) is 21.6. The Morgan fingerprint density at radius 1 is 0.875 bits per heavy atom. The summed E-state index contributed by atoms with van der Waals surface area (Å²) < 4.78 is 0. The van der Waals surface area contributed by atoms with Crippen LogP contribution >= 0.6 is 0 Å². The van der Waals surface area contributed by atoms with Gasteiger partial charge in [-0.25, -0.2) is 0 Å². The molecule has 2 atom stereocenters. The summed E-state index contributed by atoms with van der Waals surface area (Å²) in [5, 5.41) is 19.0. The zero-order valence-corrected chi connectivity index (χ0v) is 14.7. The molecule has 2 nitrogen and oxygen atoms in total. The van der Waals surface area contributed by atoms with Gasteiger partial charge in [0.2, 0.25) is 0 Å². The maximum Gasteiger partial charge on any atom is 0.115 e. The molecule has 0 bridgehead atoms. The molecule has 2 heteroatoms. The number of hydrogen-bond acceptors (Lipinski definition) is 2. The second-order valence-electron chi connectivity index (χ2n) is 7.98. The van der Waals surface area contributed by atoms with Crippen LogP contribution in [0.25, 0.3) is 0 Å². The van der Waals surface area contributed by atoms with Crippen LogP contribution in [0.3, 0.4) is 0 Å². The molecular weight excluding hydrogens is 296 g/mol. The molecule has 2 unspecified atom stereocenters. The first-order valence-electron chi connectivity index (χ1n) is 9.01. The molecule has 0 aromatic heterocycles. The molecule has 0 aliphatic heterocycles. The molecule has 1 saturated carbocycles. The van der Waals surface area contributed by atoms with Gasteiger partial charge in [0, 0.05) is 0 Å². The highest BCUT2D eigenvalue weighted by molar-refractivity contribution is 5.29. The first-order chi connectivity index (χ1) is 11.4. The van der Waals surface area contributed by atoms with E-state index in [2.05, 4.69) is 26.0 Å². The van der Waals surface area contributed by atoms with Crippen LogP contribution in [0.2, 0.25) is 0 Å². The van der Waals surface area contributed by atoms with Crippen LogP contribution in [0.15, 0.2) is 48.5 Å². The molecule has 1 aliphatic carbocycles. The molecule has 3 rings (SSSR count). The number of phenols is 2. The van der Waals surface area contributed by atoms with Crippen molar-refractivity contribution in [3.05, 3.63) is 59.7 Å². The van der Waals surface area contributed by atoms with Gasteiger partial charge in [-0.3, -0.25) is 0 Å². The van der Waals surface area contributed by atoms with Gasteiger partial charge in [-0.2, -0.15) is 0 Å². The Bertz CT molecular complexity index is 655. The Kier molecular flexibility index (Phi) is 4.84. The van der Waals surface area contributed by atoms with Crippen molar-refractivity contribution < 1.29 is 10.2 Å². The fourth-order valence-corrected chi connectivity index (χ4v) is 4.23. The minimum absolute atomic E-state index is 0.243. The Balaban J connectivity index is 1.70. The summed E-state index contributed by atoms with van der Waals surface area (Å²) in [6.07, 6.45) is 6.07. The molecule has 2 N–H and O–H groups in total. The fourth-order valence-electron chi connectivity index (χ4n) is 4.23. The molecule has 0 amide bonds. The summed E-state index contributed by atoms with van der Waals surface area (Å²) in [5.41, 5.74) is 2.90. The zero-order valence-electron chi connectivity index (χ0n) is 14.7. The summed E-state index contributed by atoms with van der Waals surface area (Å²) in [7, 11) is 0. The van der Waals surface area contributed by atoms with E-state index in [9.17, 15) is 10.2 Å². The van der Waals surface area contributed by atoms with Gasteiger partial charge in [-0.1, -0.05) is 44.5 Å². The maximum absolute atomic E-state index is 9.50. The minimum Gasteiger partial charge on any atom is -0.508 e. The van der Waals surface area contributed by atoms with Gasteiger partial charge >= 0.3 is 0 Å². The van der Waals surface area contributed by atoms with Gasteiger partial charge in [0.05, 0.1) is 0 Å². The molecule has 2 aromatic carbocycles. The molecule has 24 heavy (non-hydrogen) atoms. The van der Waals surface area contributed by atoms with Crippen LogP contribution < -0.4 is 0 Å². The standard InChI is InChI=1S/C22H28O2/c1-22(2,15-16-6-10-20(23)11-7-16)19-5-3-4-18(14-19)17-8-12-21(24)13-9-17/h6-13,18-19,23-24H,3-5,14-15H2,1-2H3. The molecular formula is C22H28O2. The van der Waals surface area contributed by atoms with Gasteiger partial charge in [-0.05, 0) is 78.3 Å². The van der Waals surface area contributed by atoms with E-state index in [-0.39, 0.29) is 5.41 Å².